The number of nitriles is 1. The smallest absolute Gasteiger partial charge is 0.302 e. The van der Waals surface area contributed by atoms with Crippen LogP contribution in [0.3, 0.4) is 0 Å². The Morgan fingerprint density at radius 2 is 1.56 bits per heavy atom. The topological polar surface area (TPSA) is 45.8 Å². The van der Waals surface area contributed by atoms with Crippen molar-refractivity contribution >= 4 is 23.1 Å². The predicted molar refractivity (Wildman–Crippen MR) is 131 cm³/mol. The second-order valence-corrected chi connectivity index (χ2v) is 10.1. The van der Waals surface area contributed by atoms with E-state index in [1.165, 1.54) is 36.6 Å². The van der Waals surface area contributed by atoms with Crippen molar-refractivity contribution in [2.24, 2.45) is 0 Å². The van der Waals surface area contributed by atoms with Crippen molar-refractivity contribution in [1.29, 1.82) is 5.26 Å². The van der Waals surface area contributed by atoms with E-state index in [9.17, 15) is 45.2 Å². The van der Waals surface area contributed by atoms with Crippen LogP contribution in [0.2, 0.25) is 0 Å². The third-order valence-corrected chi connectivity index (χ3v) is 7.66. The van der Waals surface area contributed by atoms with E-state index in [0.717, 1.165) is 45.9 Å². The summed E-state index contributed by atoms with van der Waals surface area (Å²) < 4.78 is 110. The molecule has 13 heteroatoms. The van der Waals surface area contributed by atoms with Gasteiger partial charge < -0.3 is 4.57 Å². The molecular weight excluding hydrogens is 572 g/mol. The maximum Gasteiger partial charge on any atom is 0.417 e. The largest absolute Gasteiger partial charge is 0.417 e. The maximum atomic E-state index is 14.4. The van der Waals surface area contributed by atoms with Crippen molar-refractivity contribution in [2.45, 2.75) is 23.8 Å². The standard InChI is InChI=1S/C26H14F8N2OS2/c1-38-22-5-3-13(8-18(22)26(32,33)34)21-6-7-23(39-21)20-10-17(25(29,30)31)16(11-35)24(37)36(20)12-14-2-4-15(27)9-19(14)28/h2-10H,12H2,1H3. The summed E-state index contributed by atoms with van der Waals surface area (Å²) in [4.78, 5) is 13.4. The Morgan fingerprint density at radius 1 is 0.897 bits per heavy atom. The molecule has 0 N–H and O–H groups in total. The number of thiophene rings is 1. The zero-order chi connectivity index (χ0) is 28.7. The summed E-state index contributed by atoms with van der Waals surface area (Å²) >= 11 is 1.71. The number of hydrogen-bond acceptors (Lipinski definition) is 4. The zero-order valence-electron chi connectivity index (χ0n) is 19.5. The van der Waals surface area contributed by atoms with Crippen LogP contribution in [-0.2, 0) is 18.9 Å². The minimum Gasteiger partial charge on any atom is -0.302 e. The van der Waals surface area contributed by atoms with Gasteiger partial charge in [0, 0.05) is 21.4 Å². The Kier molecular flexibility index (Phi) is 7.64. The van der Waals surface area contributed by atoms with Crippen molar-refractivity contribution in [2.75, 3.05) is 6.26 Å². The Morgan fingerprint density at radius 3 is 2.15 bits per heavy atom. The van der Waals surface area contributed by atoms with Crippen molar-refractivity contribution in [3.63, 3.8) is 0 Å². The number of rotatable bonds is 5. The SMILES string of the molecule is CSc1ccc(-c2ccc(-c3cc(C(F)(F)F)c(C#N)c(=O)n3Cc3ccc(F)cc3F)s2)cc1C(F)(F)F. The van der Waals surface area contributed by atoms with Gasteiger partial charge in [0.15, 0.2) is 0 Å². The van der Waals surface area contributed by atoms with Gasteiger partial charge in [-0.3, -0.25) is 4.79 Å². The van der Waals surface area contributed by atoms with E-state index in [2.05, 4.69) is 0 Å². The molecule has 39 heavy (non-hydrogen) atoms. The number of halogens is 8. The minimum atomic E-state index is -5.09. The fourth-order valence-corrected chi connectivity index (χ4v) is 5.50. The van der Waals surface area contributed by atoms with Crippen LogP contribution in [0.15, 0.2) is 64.3 Å². The first-order chi connectivity index (χ1) is 18.2. The molecule has 0 atom stereocenters. The van der Waals surface area contributed by atoms with Crippen LogP contribution in [0.4, 0.5) is 35.1 Å². The molecule has 0 aliphatic carbocycles. The van der Waals surface area contributed by atoms with Crippen molar-refractivity contribution in [3.05, 3.63) is 98.8 Å². The molecule has 2 heterocycles. The predicted octanol–water partition coefficient (Wildman–Crippen LogP) is 8.20. The number of benzene rings is 2. The molecule has 4 rings (SSSR count). The van der Waals surface area contributed by atoms with Gasteiger partial charge in [0.05, 0.1) is 28.2 Å². The van der Waals surface area contributed by atoms with Gasteiger partial charge >= 0.3 is 12.4 Å². The Bertz CT molecular complexity index is 1660. The zero-order valence-corrected chi connectivity index (χ0v) is 21.2. The number of alkyl halides is 6. The lowest BCUT2D eigenvalue weighted by atomic mass is 10.1. The van der Waals surface area contributed by atoms with Gasteiger partial charge in [-0.05, 0) is 48.2 Å². The van der Waals surface area contributed by atoms with Gasteiger partial charge in [0.1, 0.15) is 23.3 Å². The van der Waals surface area contributed by atoms with Gasteiger partial charge in [0.25, 0.3) is 5.56 Å². The van der Waals surface area contributed by atoms with Gasteiger partial charge in [0.2, 0.25) is 0 Å². The van der Waals surface area contributed by atoms with E-state index in [-0.39, 0.29) is 31.5 Å². The monoisotopic (exact) mass is 586 g/mol. The quantitative estimate of drug-likeness (QED) is 0.175. The minimum absolute atomic E-state index is 0.0138. The molecule has 0 saturated carbocycles. The van der Waals surface area contributed by atoms with E-state index >= 15 is 0 Å². The summed E-state index contributed by atoms with van der Waals surface area (Å²) in [7, 11) is 0. The van der Waals surface area contributed by atoms with Crippen LogP contribution in [0.1, 0.15) is 22.3 Å². The summed E-state index contributed by atoms with van der Waals surface area (Å²) in [5, 5.41) is 9.31. The Balaban J connectivity index is 1.92. The number of hydrogen-bond donors (Lipinski definition) is 0. The van der Waals surface area contributed by atoms with E-state index in [4.69, 9.17) is 0 Å². The maximum absolute atomic E-state index is 14.4. The van der Waals surface area contributed by atoms with Crippen LogP contribution < -0.4 is 5.56 Å². The highest BCUT2D eigenvalue weighted by molar-refractivity contribution is 7.98. The van der Waals surface area contributed by atoms with Gasteiger partial charge in [-0.15, -0.1) is 23.1 Å². The lowest BCUT2D eigenvalue weighted by Crippen LogP contribution is -2.28. The number of aromatic nitrogens is 1. The molecule has 2 aromatic heterocycles. The van der Waals surface area contributed by atoms with Gasteiger partial charge in [-0.1, -0.05) is 12.1 Å². The summed E-state index contributed by atoms with van der Waals surface area (Å²) in [5.74, 6) is -1.98. The first kappa shape index (κ1) is 28.4. The second-order valence-electron chi connectivity index (χ2n) is 8.13. The van der Waals surface area contributed by atoms with Crippen LogP contribution in [-0.4, -0.2) is 10.8 Å². The third-order valence-electron chi connectivity index (χ3n) is 5.71. The van der Waals surface area contributed by atoms with E-state index in [1.54, 1.807) is 0 Å². The van der Waals surface area contributed by atoms with Gasteiger partial charge in [-0.2, -0.15) is 31.6 Å². The van der Waals surface area contributed by atoms with Crippen LogP contribution >= 0.6 is 23.1 Å². The summed E-state index contributed by atoms with van der Waals surface area (Å²) in [6.07, 6.45) is -8.25. The summed E-state index contributed by atoms with van der Waals surface area (Å²) in [5.41, 5.74) is -5.41. The highest BCUT2D eigenvalue weighted by Crippen LogP contribution is 2.42. The second kappa shape index (κ2) is 10.5. The molecule has 3 nitrogen and oxygen atoms in total. The molecule has 0 unspecified atom stereocenters. The van der Waals surface area contributed by atoms with Crippen molar-refractivity contribution in [3.8, 4) is 27.1 Å². The van der Waals surface area contributed by atoms with Crippen molar-refractivity contribution < 1.29 is 35.1 Å². The molecule has 0 aliphatic rings. The van der Waals surface area contributed by atoms with E-state index < -0.39 is 52.8 Å². The molecule has 0 aliphatic heterocycles. The van der Waals surface area contributed by atoms with Gasteiger partial charge in [-0.25, -0.2) is 8.78 Å². The molecule has 2 aromatic carbocycles. The van der Waals surface area contributed by atoms with Crippen molar-refractivity contribution in [1.82, 2.24) is 4.57 Å². The third kappa shape index (κ3) is 5.72. The van der Waals surface area contributed by atoms with Crippen LogP contribution in [0.25, 0.3) is 21.0 Å². The molecule has 4 aromatic rings. The first-order valence-corrected chi connectivity index (χ1v) is 12.8. The Hall–Kier alpha value is -3.63. The number of nitrogens with zero attached hydrogens (tertiary/aromatic N) is 2. The van der Waals surface area contributed by atoms with Crippen LogP contribution in [0.5, 0.6) is 0 Å². The lowest BCUT2D eigenvalue weighted by Gasteiger charge is -2.17. The first-order valence-electron chi connectivity index (χ1n) is 10.8. The summed E-state index contributed by atoms with van der Waals surface area (Å²) in [6.45, 7) is -0.638. The molecule has 0 radical (unpaired) electrons. The highest BCUT2D eigenvalue weighted by atomic mass is 32.2. The molecule has 0 saturated heterocycles. The average molecular weight is 587 g/mol. The highest BCUT2D eigenvalue weighted by Gasteiger charge is 2.37. The fraction of sp³-hybridized carbons (Fsp3) is 0.154. The summed E-state index contributed by atoms with van der Waals surface area (Å²) in [6, 6.07) is 10.6. The average Bonchev–Trinajstić information content (AvgIpc) is 3.35. The molecule has 0 spiro atoms. The van der Waals surface area contributed by atoms with Crippen LogP contribution in [0, 0.1) is 23.0 Å². The Labute approximate surface area is 223 Å². The fourth-order valence-electron chi connectivity index (χ4n) is 3.87. The molecule has 202 valence electrons. The molecular formula is C26H14F8N2OS2. The van der Waals surface area contributed by atoms with E-state index in [1.807, 2.05) is 0 Å². The molecule has 0 amide bonds. The lowest BCUT2D eigenvalue weighted by molar-refractivity contribution is -0.140. The normalized spacial score (nSPS) is 12.0. The number of pyridine rings is 1. The van der Waals surface area contributed by atoms with E-state index in [0.29, 0.717) is 12.1 Å². The molecule has 0 bridgehead atoms. The molecule has 0 fully saturated rings. The number of thioether (sulfide) groups is 1.